The van der Waals surface area contributed by atoms with E-state index in [1.54, 1.807) is 24.3 Å². The van der Waals surface area contributed by atoms with Crippen molar-refractivity contribution in [2.45, 2.75) is 6.18 Å². The fourth-order valence-corrected chi connectivity index (χ4v) is 2.26. The van der Waals surface area contributed by atoms with E-state index in [-0.39, 0.29) is 5.89 Å². The van der Waals surface area contributed by atoms with E-state index in [0.29, 0.717) is 16.0 Å². The summed E-state index contributed by atoms with van der Waals surface area (Å²) >= 11 is 0. The van der Waals surface area contributed by atoms with Gasteiger partial charge in [0.1, 0.15) is 5.75 Å². The topological polar surface area (TPSA) is 57.3 Å². The maximum Gasteiger partial charge on any atom is 0.442 e. The van der Waals surface area contributed by atoms with Gasteiger partial charge in [-0.25, -0.2) is 4.79 Å². The van der Waals surface area contributed by atoms with Crippen LogP contribution in [-0.2, 0) is 6.18 Å². The lowest BCUT2D eigenvalue weighted by Gasteiger charge is -2.10. The Labute approximate surface area is 133 Å². The highest BCUT2D eigenvalue weighted by Gasteiger charge is 2.34. The maximum atomic E-state index is 13.1. The van der Waals surface area contributed by atoms with Crippen molar-refractivity contribution in [3.8, 4) is 22.9 Å². The number of halogens is 3. The Bertz CT molecular complexity index is 929. The molecule has 3 aromatic rings. The Balaban J connectivity index is 2.17. The Morgan fingerprint density at radius 1 is 1.08 bits per heavy atom. The molecule has 24 heavy (non-hydrogen) atoms. The minimum absolute atomic E-state index is 0.130. The molecule has 0 spiro atoms. The molecule has 8 heteroatoms. The summed E-state index contributed by atoms with van der Waals surface area (Å²) in [5.74, 6) is -0.767. The van der Waals surface area contributed by atoms with Crippen LogP contribution >= 0.6 is 0 Å². The van der Waals surface area contributed by atoms with Crippen LogP contribution < -0.4 is 10.5 Å². The summed E-state index contributed by atoms with van der Waals surface area (Å²) in [6.07, 6.45) is -4.63. The predicted octanol–water partition coefficient (Wildman–Crippen LogP) is 3.52. The molecule has 0 N–H and O–H groups in total. The summed E-state index contributed by atoms with van der Waals surface area (Å²) in [5, 5.41) is 3.89. The summed E-state index contributed by atoms with van der Waals surface area (Å²) in [4.78, 5) is 12.0. The zero-order valence-electron chi connectivity index (χ0n) is 12.4. The summed E-state index contributed by atoms with van der Waals surface area (Å²) < 4.78 is 50.1. The van der Waals surface area contributed by atoms with E-state index in [2.05, 4.69) is 5.10 Å². The largest absolute Gasteiger partial charge is 0.496 e. The molecule has 0 aliphatic carbocycles. The lowest BCUT2D eigenvalue weighted by atomic mass is 10.2. The van der Waals surface area contributed by atoms with Gasteiger partial charge >= 0.3 is 11.9 Å². The molecule has 0 saturated heterocycles. The van der Waals surface area contributed by atoms with Gasteiger partial charge < -0.3 is 9.15 Å². The maximum absolute atomic E-state index is 13.1. The van der Waals surface area contributed by atoms with Gasteiger partial charge in [0.15, 0.2) is 0 Å². The number of hydrogen-bond donors (Lipinski definition) is 0. The SMILES string of the molecule is COc1ccccc1-c1nn(-c2ccccc2C(F)(F)F)c(=O)o1. The van der Waals surface area contributed by atoms with Gasteiger partial charge in [0.05, 0.1) is 23.9 Å². The van der Waals surface area contributed by atoms with Crippen molar-refractivity contribution in [2.24, 2.45) is 0 Å². The average Bonchev–Trinajstić information content (AvgIpc) is 2.95. The second-order valence-electron chi connectivity index (χ2n) is 4.80. The first-order valence-electron chi connectivity index (χ1n) is 6.82. The van der Waals surface area contributed by atoms with Crippen molar-refractivity contribution in [2.75, 3.05) is 7.11 Å². The molecule has 0 amide bonds. The zero-order chi connectivity index (χ0) is 17.3. The summed E-state index contributed by atoms with van der Waals surface area (Å²) in [6, 6.07) is 11.2. The van der Waals surface area contributed by atoms with E-state index in [1.807, 2.05) is 0 Å². The number of benzene rings is 2. The molecule has 0 atom stereocenters. The van der Waals surface area contributed by atoms with Gasteiger partial charge in [-0.2, -0.15) is 17.9 Å². The molecule has 0 aliphatic heterocycles. The molecule has 5 nitrogen and oxygen atoms in total. The van der Waals surface area contributed by atoms with Crippen molar-refractivity contribution in [1.82, 2.24) is 9.78 Å². The van der Waals surface area contributed by atoms with Crippen LogP contribution in [0.1, 0.15) is 5.56 Å². The van der Waals surface area contributed by atoms with E-state index < -0.39 is 23.2 Å². The molecular formula is C16H11F3N2O3. The highest BCUT2D eigenvalue weighted by Crippen LogP contribution is 2.33. The van der Waals surface area contributed by atoms with E-state index in [4.69, 9.17) is 9.15 Å². The Hall–Kier alpha value is -3.03. The van der Waals surface area contributed by atoms with Crippen molar-refractivity contribution in [3.05, 3.63) is 64.6 Å². The van der Waals surface area contributed by atoms with Crippen molar-refractivity contribution in [3.63, 3.8) is 0 Å². The Morgan fingerprint density at radius 3 is 2.46 bits per heavy atom. The molecule has 1 heterocycles. The monoisotopic (exact) mass is 336 g/mol. The minimum Gasteiger partial charge on any atom is -0.496 e. The van der Waals surface area contributed by atoms with Gasteiger partial charge in [0, 0.05) is 0 Å². The number of nitrogens with zero attached hydrogens (tertiary/aromatic N) is 2. The fraction of sp³-hybridized carbons (Fsp3) is 0.125. The van der Waals surface area contributed by atoms with E-state index in [0.717, 1.165) is 12.1 Å². The van der Waals surface area contributed by atoms with E-state index in [1.165, 1.54) is 19.2 Å². The number of para-hydroxylation sites is 2. The van der Waals surface area contributed by atoms with Gasteiger partial charge in [0.25, 0.3) is 5.89 Å². The number of rotatable bonds is 3. The molecule has 3 rings (SSSR count). The molecule has 0 bridgehead atoms. The normalized spacial score (nSPS) is 11.5. The van der Waals surface area contributed by atoms with Gasteiger partial charge in [-0.1, -0.05) is 24.3 Å². The van der Waals surface area contributed by atoms with Crippen LogP contribution in [0.2, 0.25) is 0 Å². The summed E-state index contributed by atoms with van der Waals surface area (Å²) in [6.45, 7) is 0. The average molecular weight is 336 g/mol. The van der Waals surface area contributed by atoms with Crippen LogP contribution in [0, 0.1) is 0 Å². The molecule has 0 unspecified atom stereocenters. The smallest absolute Gasteiger partial charge is 0.442 e. The summed E-state index contributed by atoms with van der Waals surface area (Å²) in [7, 11) is 1.42. The number of hydrogen-bond acceptors (Lipinski definition) is 4. The first-order chi connectivity index (χ1) is 11.4. The molecule has 0 fully saturated rings. The van der Waals surface area contributed by atoms with E-state index >= 15 is 0 Å². The van der Waals surface area contributed by atoms with Crippen molar-refractivity contribution in [1.29, 1.82) is 0 Å². The van der Waals surface area contributed by atoms with Gasteiger partial charge in [-0.05, 0) is 24.3 Å². The third kappa shape index (κ3) is 2.78. The molecule has 0 radical (unpaired) electrons. The Morgan fingerprint density at radius 2 is 1.75 bits per heavy atom. The molecule has 124 valence electrons. The molecule has 2 aromatic carbocycles. The first kappa shape index (κ1) is 15.9. The summed E-state index contributed by atoms with van der Waals surface area (Å²) in [5.41, 5.74) is -1.02. The van der Waals surface area contributed by atoms with Crippen LogP contribution in [0.15, 0.2) is 57.7 Å². The van der Waals surface area contributed by atoms with Crippen LogP contribution in [-0.4, -0.2) is 16.9 Å². The Kier molecular flexibility index (Phi) is 3.88. The predicted molar refractivity (Wildman–Crippen MR) is 79.1 cm³/mol. The molecule has 0 saturated carbocycles. The quantitative estimate of drug-likeness (QED) is 0.734. The third-order valence-corrected chi connectivity index (χ3v) is 3.32. The number of methoxy groups -OCH3 is 1. The number of ether oxygens (including phenoxy) is 1. The zero-order valence-corrected chi connectivity index (χ0v) is 12.4. The minimum atomic E-state index is -4.63. The third-order valence-electron chi connectivity index (χ3n) is 3.32. The lowest BCUT2D eigenvalue weighted by Crippen LogP contribution is -2.18. The lowest BCUT2D eigenvalue weighted by molar-refractivity contribution is -0.137. The van der Waals surface area contributed by atoms with Gasteiger partial charge in [-0.15, -0.1) is 5.10 Å². The number of alkyl halides is 3. The second-order valence-corrected chi connectivity index (χ2v) is 4.80. The van der Waals surface area contributed by atoms with Crippen LogP contribution in [0.25, 0.3) is 17.1 Å². The molecular weight excluding hydrogens is 325 g/mol. The fourth-order valence-electron chi connectivity index (χ4n) is 2.26. The van der Waals surface area contributed by atoms with Crippen LogP contribution in [0.4, 0.5) is 13.2 Å². The van der Waals surface area contributed by atoms with Crippen molar-refractivity contribution >= 4 is 0 Å². The highest BCUT2D eigenvalue weighted by atomic mass is 19.4. The second kappa shape index (κ2) is 5.88. The van der Waals surface area contributed by atoms with Crippen LogP contribution in [0.3, 0.4) is 0 Å². The van der Waals surface area contributed by atoms with Crippen LogP contribution in [0.5, 0.6) is 5.75 Å². The highest BCUT2D eigenvalue weighted by molar-refractivity contribution is 5.62. The molecule has 1 aromatic heterocycles. The van der Waals surface area contributed by atoms with Gasteiger partial charge in [0.2, 0.25) is 0 Å². The van der Waals surface area contributed by atoms with Crippen molar-refractivity contribution < 1.29 is 22.3 Å². The number of aromatic nitrogens is 2. The standard InChI is InChI=1S/C16H11F3N2O3/c1-23-13-9-5-2-6-10(13)14-20-21(15(22)24-14)12-8-4-3-7-11(12)16(17,18)19/h2-9H,1H3. The molecule has 0 aliphatic rings. The van der Waals surface area contributed by atoms with E-state index in [9.17, 15) is 18.0 Å². The van der Waals surface area contributed by atoms with Gasteiger partial charge in [-0.3, -0.25) is 0 Å². The first-order valence-corrected chi connectivity index (χ1v) is 6.82.